The van der Waals surface area contributed by atoms with E-state index in [0.29, 0.717) is 0 Å². The molecule has 0 nitrogen and oxygen atoms in total. The van der Waals surface area contributed by atoms with Crippen molar-refractivity contribution in [2.24, 2.45) is 5.92 Å². The van der Waals surface area contributed by atoms with Gasteiger partial charge in [0.2, 0.25) is 0 Å². The van der Waals surface area contributed by atoms with Crippen LogP contribution in [0.3, 0.4) is 0 Å². The molecule has 0 aliphatic heterocycles. The Morgan fingerprint density at radius 2 is 0.667 bits per heavy atom. The second kappa shape index (κ2) is 21.0. The lowest BCUT2D eigenvalue weighted by Crippen LogP contribution is -1.95. The number of hydrogen-bond donors (Lipinski definition) is 0. The summed E-state index contributed by atoms with van der Waals surface area (Å²) in [4.78, 5) is 0. The van der Waals surface area contributed by atoms with E-state index >= 15 is 0 Å². The number of rotatable bonds is 20. The van der Waals surface area contributed by atoms with Crippen LogP contribution in [0.25, 0.3) is 0 Å². The van der Waals surface area contributed by atoms with Crippen molar-refractivity contribution in [1.82, 2.24) is 0 Å². The van der Waals surface area contributed by atoms with E-state index in [0.717, 1.165) is 18.8 Å². The third kappa shape index (κ3) is 20.0. The van der Waals surface area contributed by atoms with Crippen LogP contribution in [-0.4, -0.2) is 0 Å². The van der Waals surface area contributed by atoms with Gasteiger partial charge in [0, 0.05) is 0 Å². The van der Waals surface area contributed by atoms with Crippen molar-refractivity contribution in [2.75, 3.05) is 0 Å². The van der Waals surface area contributed by atoms with Crippen LogP contribution in [0, 0.1) is 19.8 Å². The van der Waals surface area contributed by atoms with Crippen LogP contribution in [0.4, 0.5) is 0 Å². The van der Waals surface area contributed by atoms with E-state index in [1.807, 2.05) is 0 Å². The molecule has 0 saturated carbocycles. The largest absolute Gasteiger partial charge is 0.0625 e. The summed E-state index contributed by atoms with van der Waals surface area (Å²) < 4.78 is 0. The minimum atomic E-state index is 0.957. The molecule has 0 bridgehead atoms. The standard InChI is InChI=1S/C24H48/c1-4-6-8-10-12-14-15-17-19-21-23-24(3)22-20-18-16-13-11-9-7-5-2/h24H,1-2,4-23H2,3H3. The Kier molecular flexibility index (Phi) is 21.0. The maximum Gasteiger partial charge on any atom is -0.0443 e. The van der Waals surface area contributed by atoms with Crippen molar-refractivity contribution in [3.63, 3.8) is 0 Å². The first-order chi connectivity index (χ1) is 11.8. The van der Waals surface area contributed by atoms with Crippen LogP contribution < -0.4 is 0 Å². The fraction of sp³-hybridized carbons (Fsp3) is 0.917. The van der Waals surface area contributed by atoms with E-state index in [1.54, 1.807) is 0 Å². The van der Waals surface area contributed by atoms with Gasteiger partial charge in [-0.3, -0.25) is 0 Å². The van der Waals surface area contributed by atoms with E-state index in [1.165, 1.54) is 116 Å². The Labute approximate surface area is 155 Å². The van der Waals surface area contributed by atoms with Crippen molar-refractivity contribution >= 4 is 0 Å². The maximum absolute atomic E-state index is 3.91. The zero-order valence-electron chi connectivity index (χ0n) is 17.1. The van der Waals surface area contributed by atoms with Gasteiger partial charge in [-0.2, -0.15) is 0 Å². The molecule has 0 fully saturated rings. The third-order valence-electron chi connectivity index (χ3n) is 5.39. The molecule has 0 aromatic rings. The zero-order valence-corrected chi connectivity index (χ0v) is 17.1. The highest BCUT2D eigenvalue weighted by molar-refractivity contribution is 4.56. The van der Waals surface area contributed by atoms with Gasteiger partial charge in [-0.1, -0.05) is 149 Å². The Hall–Kier alpha value is 0. The lowest BCUT2D eigenvalue weighted by atomic mass is 9.95. The molecule has 24 heavy (non-hydrogen) atoms. The molecule has 0 rings (SSSR count). The second-order valence-electron chi connectivity index (χ2n) is 8.05. The third-order valence-corrected chi connectivity index (χ3v) is 5.39. The molecule has 0 aromatic carbocycles. The van der Waals surface area contributed by atoms with Crippen molar-refractivity contribution in [2.45, 2.75) is 135 Å². The number of unbranched alkanes of at least 4 members (excludes halogenated alkanes) is 16. The summed E-state index contributed by atoms with van der Waals surface area (Å²) in [6.45, 7) is 10.3. The molecule has 2 radical (unpaired) electrons. The normalized spacial score (nSPS) is 12.6. The van der Waals surface area contributed by atoms with Crippen molar-refractivity contribution < 1.29 is 0 Å². The maximum atomic E-state index is 3.91. The Balaban J connectivity index is 3.11. The first-order valence-electron chi connectivity index (χ1n) is 11.4. The van der Waals surface area contributed by atoms with Gasteiger partial charge in [-0.15, -0.1) is 0 Å². The monoisotopic (exact) mass is 336 g/mol. The fourth-order valence-corrected chi connectivity index (χ4v) is 3.60. The summed E-state index contributed by atoms with van der Waals surface area (Å²) in [5.74, 6) is 0.957. The van der Waals surface area contributed by atoms with Gasteiger partial charge in [0.1, 0.15) is 0 Å². The molecule has 0 N–H and O–H groups in total. The molecule has 0 heterocycles. The van der Waals surface area contributed by atoms with Crippen molar-refractivity contribution in [1.29, 1.82) is 0 Å². The molecule has 0 spiro atoms. The highest BCUT2D eigenvalue weighted by atomic mass is 14.1. The molecule has 0 heteroatoms. The molecule has 0 amide bonds. The van der Waals surface area contributed by atoms with E-state index in [4.69, 9.17) is 0 Å². The highest BCUT2D eigenvalue weighted by Crippen LogP contribution is 2.19. The minimum Gasteiger partial charge on any atom is -0.0625 e. The zero-order chi connectivity index (χ0) is 17.7. The highest BCUT2D eigenvalue weighted by Gasteiger charge is 2.02. The summed E-state index contributed by atoms with van der Waals surface area (Å²) in [5, 5.41) is 0. The van der Waals surface area contributed by atoms with Gasteiger partial charge in [0.25, 0.3) is 0 Å². The molecule has 0 aromatic heterocycles. The average Bonchev–Trinajstić information content (AvgIpc) is 2.59. The minimum absolute atomic E-state index is 0.957. The quantitative estimate of drug-likeness (QED) is 0.194. The second-order valence-corrected chi connectivity index (χ2v) is 8.05. The molecule has 0 aliphatic rings. The summed E-state index contributed by atoms with van der Waals surface area (Å²) in [6.07, 6.45) is 28.1. The summed E-state index contributed by atoms with van der Waals surface area (Å²) in [7, 11) is 0. The predicted octanol–water partition coefficient (Wildman–Crippen LogP) is 9.09. The smallest absolute Gasteiger partial charge is 0.0443 e. The van der Waals surface area contributed by atoms with Crippen molar-refractivity contribution in [3.8, 4) is 0 Å². The first-order valence-corrected chi connectivity index (χ1v) is 11.4. The van der Waals surface area contributed by atoms with Crippen LogP contribution in [0.15, 0.2) is 0 Å². The fourth-order valence-electron chi connectivity index (χ4n) is 3.60. The summed E-state index contributed by atoms with van der Waals surface area (Å²) in [5.41, 5.74) is 0. The lowest BCUT2D eigenvalue weighted by Gasteiger charge is -2.11. The van der Waals surface area contributed by atoms with Crippen LogP contribution in [0.1, 0.15) is 135 Å². The number of hydrogen-bond acceptors (Lipinski definition) is 0. The van der Waals surface area contributed by atoms with E-state index in [2.05, 4.69) is 20.8 Å². The van der Waals surface area contributed by atoms with Gasteiger partial charge in [-0.25, -0.2) is 0 Å². The summed E-state index contributed by atoms with van der Waals surface area (Å²) >= 11 is 0. The molecule has 1 atom stereocenters. The van der Waals surface area contributed by atoms with Crippen LogP contribution in [0.2, 0.25) is 0 Å². The van der Waals surface area contributed by atoms with Gasteiger partial charge >= 0.3 is 0 Å². The molecular weight excluding hydrogens is 288 g/mol. The van der Waals surface area contributed by atoms with Gasteiger partial charge in [-0.05, 0) is 5.92 Å². The lowest BCUT2D eigenvalue weighted by molar-refractivity contribution is 0.430. The Bertz CT molecular complexity index is 208. The Morgan fingerprint density at radius 3 is 0.958 bits per heavy atom. The van der Waals surface area contributed by atoms with Gasteiger partial charge in [0.15, 0.2) is 0 Å². The molecule has 144 valence electrons. The average molecular weight is 337 g/mol. The molecule has 1 unspecified atom stereocenters. The predicted molar refractivity (Wildman–Crippen MR) is 112 cm³/mol. The molecular formula is C24H48. The van der Waals surface area contributed by atoms with Gasteiger partial charge < -0.3 is 0 Å². The van der Waals surface area contributed by atoms with E-state index in [-0.39, 0.29) is 0 Å². The first kappa shape index (κ1) is 24.0. The van der Waals surface area contributed by atoms with Crippen LogP contribution >= 0.6 is 0 Å². The van der Waals surface area contributed by atoms with Crippen LogP contribution in [0.5, 0.6) is 0 Å². The molecule has 0 aliphatic carbocycles. The molecule has 0 saturated heterocycles. The van der Waals surface area contributed by atoms with Crippen LogP contribution in [-0.2, 0) is 0 Å². The van der Waals surface area contributed by atoms with Gasteiger partial charge in [0.05, 0.1) is 0 Å². The van der Waals surface area contributed by atoms with E-state index < -0.39 is 0 Å². The Morgan fingerprint density at radius 1 is 0.417 bits per heavy atom. The van der Waals surface area contributed by atoms with Crippen molar-refractivity contribution in [3.05, 3.63) is 13.8 Å². The topological polar surface area (TPSA) is 0 Å². The summed E-state index contributed by atoms with van der Waals surface area (Å²) in [6, 6.07) is 0. The van der Waals surface area contributed by atoms with E-state index in [9.17, 15) is 0 Å². The SMILES string of the molecule is [CH2]CCCCCCCCCCCC(C)CCCCCCCCC[CH2].